The highest BCUT2D eigenvalue weighted by atomic mass is 79.9. The zero-order valence-electron chi connectivity index (χ0n) is 10.2. The van der Waals surface area contributed by atoms with Gasteiger partial charge in [0.25, 0.3) is 10.0 Å². The van der Waals surface area contributed by atoms with Crippen LogP contribution in [0.3, 0.4) is 0 Å². The lowest BCUT2D eigenvalue weighted by molar-refractivity contribution is 0.281. The molecule has 0 unspecified atom stereocenters. The van der Waals surface area contributed by atoms with E-state index < -0.39 is 10.0 Å². The summed E-state index contributed by atoms with van der Waals surface area (Å²) in [4.78, 5) is 0.0871. The molecule has 0 atom stereocenters. The zero-order chi connectivity index (χ0) is 14.8. The minimum atomic E-state index is -3.72. The Hall–Kier alpha value is -0.890. The van der Waals surface area contributed by atoms with Crippen LogP contribution in [0.15, 0.2) is 56.3 Å². The average molecular weight is 421 g/mol. The average Bonchev–Trinajstić information content (AvgIpc) is 2.38. The largest absolute Gasteiger partial charge is 0.392 e. The van der Waals surface area contributed by atoms with Gasteiger partial charge in [-0.15, -0.1) is 0 Å². The molecule has 0 fully saturated rings. The molecule has 2 aromatic carbocycles. The van der Waals surface area contributed by atoms with E-state index in [1.165, 1.54) is 6.07 Å². The van der Waals surface area contributed by atoms with E-state index in [0.717, 1.165) is 4.47 Å². The third-order valence-corrected chi connectivity index (χ3v) is 5.41. The predicted octanol–water partition coefficient (Wildman–Crippen LogP) is 3.50. The van der Waals surface area contributed by atoms with Crippen LogP contribution in [-0.2, 0) is 16.6 Å². The second kappa shape index (κ2) is 6.26. The van der Waals surface area contributed by atoms with Crippen LogP contribution in [0, 0.1) is 0 Å². The zero-order valence-corrected chi connectivity index (χ0v) is 14.2. The van der Waals surface area contributed by atoms with Gasteiger partial charge in [0.2, 0.25) is 0 Å². The van der Waals surface area contributed by atoms with Crippen LogP contribution >= 0.6 is 31.9 Å². The third-order valence-electron chi connectivity index (χ3n) is 2.54. The molecule has 0 radical (unpaired) electrons. The first-order valence-corrected chi connectivity index (χ1v) is 8.67. The fourth-order valence-electron chi connectivity index (χ4n) is 1.61. The summed E-state index contributed by atoms with van der Waals surface area (Å²) >= 11 is 6.50. The number of hydrogen-bond acceptors (Lipinski definition) is 3. The summed E-state index contributed by atoms with van der Waals surface area (Å²) in [6.45, 7) is -0.216. The van der Waals surface area contributed by atoms with E-state index in [4.69, 9.17) is 5.11 Å². The Kier molecular flexibility index (Phi) is 4.85. The third kappa shape index (κ3) is 3.60. The van der Waals surface area contributed by atoms with Gasteiger partial charge in [-0.1, -0.05) is 28.1 Å². The molecule has 20 heavy (non-hydrogen) atoms. The van der Waals surface area contributed by atoms with E-state index in [1.807, 2.05) is 0 Å². The number of aliphatic hydroxyl groups excluding tert-OH is 1. The summed E-state index contributed by atoms with van der Waals surface area (Å²) in [6, 6.07) is 11.6. The number of aliphatic hydroxyl groups is 1. The predicted molar refractivity (Wildman–Crippen MR) is 85.0 cm³/mol. The number of hydrogen-bond donors (Lipinski definition) is 2. The summed E-state index contributed by atoms with van der Waals surface area (Å²) in [5.41, 5.74) is 0.989. The lowest BCUT2D eigenvalue weighted by atomic mass is 10.2. The Morgan fingerprint density at radius 3 is 2.50 bits per heavy atom. The molecule has 0 aromatic heterocycles. The minimum Gasteiger partial charge on any atom is -0.392 e. The van der Waals surface area contributed by atoms with E-state index in [0.29, 0.717) is 15.7 Å². The van der Waals surface area contributed by atoms with Crippen molar-refractivity contribution in [1.82, 2.24) is 0 Å². The number of rotatable bonds is 4. The van der Waals surface area contributed by atoms with Gasteiger partial charge in [-0.05, 0) is 51.8 Å². The molecule has 2 aromatic rings. The van der Waals surface area contributed by atoms with Gasteiger partial charge in [0.05, 0.1) is 6.61 Å². The molecule has 106 valence electrons. The number of benzene rings is 2. The number of sulfonamides is 1. The molecule has 0 aliphatic carbocycles. The van der Waals surface area contributed by atoms with Crippen molar-refractivity contribution in [3.8, 4) is 0 Å². The second-order valence-corrected chi connectivity index (χ2v) is 7.46. The molecular weight excluding hydrogens is 410 g/mol. The lowest BCUT2D eigenvalue weighted by Crippen LogP contribution is -2.14. The van der Waals surface area contributed by atoms with Crippen molar-refractivity contribution >= 4 is 47.6 Å². The first-order valence-electron chi connectivity index (χ1n) is 5.60. The normalized spacial score (nSPS) is 11.3. The van der Waals surface area contributed by atoms with Gasteiger partial charge in [-0.2, -0.15) is 0 Å². The first kappa shape index (κ1) is 15.5. The van der Waals surface area contributed by atoms with Crippen molar-refractivity contribution in [1.29, 1.82) is 0 Å². The highest BCUT2D eigenvalue weighted by Gasteiger charge is 2.18. The molecule has 0 saturated heterocycles. The van der Waals surface area contributed by atoms with Crippen LogP contribution in [0.5, 0.6) is 0 Å². The van der Waals surface area contributed by atoms with Crippen molar-refractivity contribution in [2.24, 2.45) is 0 Å². The standard InChI is InChI=1S/C13H11Br2NO3S/c14-10-2-1-3-11(7-10)16-20(18,19)13-6-9(8-17)4-5-12(13)15/h1-7,16-17H,8H2. The Labute approximate surface area is 134 Å². The summed E-state index contributed by atoms with van der Waals surface area (Å²) < 4.78 is 28.4. The van der Waals surface area contributed by atoms with Crippen LogP contribution < -0.4 is 4.72 Å². The molecule has 0 spiro atoms. The maximum absolute atomic E-state index is 12.4. The molecule has 2 N–H and O–H groups in total. The Balaban J connectivity index is 2.40. The fourth-order valence-corrected chi connectivity index (χ4v) is 4.08. The topological polar surface area (TPSA) is 66.4 Å². The Morgan fingerprint density at radius 1 is 1.10 bits per heavy atom. The Morgan fingerprint density at radius 2 is 1.85 bits per heavy atom. The van der Waals surface area contributed by atoms with E-state index >= 15 is 0 Å². The SMILES string of the molecule is O=S(=O)(Nc1cccc(Br)c1)c1cc(CO)ccc1Br. The molecule has 7 heteroatoms. The van der Waals surface area contributed by atoms with E-state index in [9.17, 15) is 8.42 Å². The number of anilines is 1. The molecule has 0 heterocycles. The summed E-state index contributed by atoms with van der Waals surface area (Å²) in [5, 5.41) is 9.11. The number of halogens is 2. The van der Waals surface area contributed by atoms with Gasteiger partial charge in [-0.25, -0.2) is 8.42 Å². The molecule has 2 rings (SSSR count). The molecule has 4 nitrogen and oxygen atoms in total. The van der Waals surface area contributed by atoms with Gasteiger partial charge in [0.15, 0.2) is 0 Å². The van der Waals surface area contributed by atoms with Crippen LogP contribution in [0.25, 0.3) is 0 Å². The van der Waals surface area contributed by atoms with Gasteiger partial charge in [0, 0.05) is 14.6 Å². The van der Waals surface area contributed by atoms with Gasteiger partial charge >= 0.3 is 0 Å². The molecule has 0 amide bonds. The van der Waals surface area contributed by atoms with Crippen molar-refractivity contribution in [3.05, 3.63) is 57.0 Å². The molecule has 0 saturated carbocycles. The summed E-state index contributed by atoms with van der Waals surface area (Å²) in [7, 11) is -3.72. The van der Waals surface area contributed by atoms with Gasteiger partial charge in [0.1, 0.15) is 4.90 Å². The van der Waals surface area contributed by atoms with Crippen LogP contribution in [-0.4, -0.2) is 13.5 Å². The van der Waals surface area contributed by atoms with Crippen LogP contribution in [0.2, 0.25) is 0 Å². The first-order chi connectivity index (χ1) is 9.42. The molecular formula is C13H11Br2NO3S. The highest BCUT2D eigenvalue weighted by Crippen LogP contribution is 2.26. The summed E-state index contributed by atoms with van der Waals surface area (Å²) in [6.07, 6.45) is 0. The van der Waals surface area contributed by atoms with Crippen molar-refractivity contribution in [2.45, 2.75) is 11.5 Å². The maximum atomic E-state index is 12.4. The smallest absolute Gasteiger partial charge is 0.263 e. The number of nitrogens with one attached hydrogen (secondary N) is 1. The van der Waals surface area contributed by atoms with Crippen molar-refractivity contribution < 1.29 is 13.5 Å². The van der Waals surface area contributed by atoms with E-state index in [2.05, 4.69) is 36.6 Å². The maximum Gasteiger partial charge on any atom is 0.263 e. The lowest BCUT2D eigenvalue weighted by Gasteiger charge is -2.11. The Bertz CT molecular complexity index is 732. The van der Waals surface area contributed by atoms with Crippen LogP contribution in [0.4, 0.5) is 5.69 Å². The van der Waals surface area contributed by atoms with Crippen LogP contribution in [0.1, 0.15) is 5.56 Å². The highest BCUT2D eigenvalue weighted by molar-refractivity contribution is 9.10. The molecule has 0 aliphatic heterocycles. The summed E-state index contributed by atoms with van der Waals surface area (Å²) in [5.74, 6) is 0. The second-order valence-electron chi connectivity index (χ2n) is 4.04. The quantitative estimate of drug-likeness (QED) is 0.795. The van der Waals surface area contributed by atoms with Gasteiger partial charge in [-0.3, -0.25) is 4.72 Å². The molecule has 0 aliphatic rings. The van der Waals surface area contributed by atoms with E-state index in [1.54, 1.807) is 36.4 Å². The van der Waals surface area contributed by atoms with E-state index in [-0.39, 0.29) is 11.5 Å². The van der Waals surface area contributed by atoms with Crippen molar-refractivity contribution in [2.75, 3.05) is 4.72 Å². The fraction of sp³-hybridized carbons (Fsp3) is 0.0769. The van der Waals surface area contributed by atoms with Crippen molar-refractivity contribution in [3.63, 3.8) is 0 Å². The molecule has 0 bridgehead atoms. The monoisotopic (exact) mass is 419 g/mol. The minimum absolute atomic E-state index is 0.0871. The van der Waals surface area contributed by atoms with Gasteiger partial charge < -0.3 is 5.11 Å².